The van der Waals surface area contributed by atoms with Crippen molar-refractivity contribution in [1.82, 2.24) is 0 Å². The Labute approximate surface area is 111 Å². The summed E-state index contributed by atoms with van der Waals surface area (Å²) in [5, 5.41) is 9.34. The highest BCUT2D eigenvalue weighted by atomic mass is 16.5. The summed E-state index contributed by atoms with van der Waals surface area (Å²) in [6.07, 6.45) is 2.74. The number of fused-ring (bicyclic) bond motifs is 2. The number of ether oxygens (including phenoxy) is 2. The monoisotopic (exact) mass is 257 g/mol. The van der Waals surface area contributed by atoms with E-state index in [0.717, 1.165) is 41.0 Å². The van der Waals surface area contributed by atoms with E-state index in [1.54, 1.807) is 6.92 Å². The molecule has 98 valence electrons. The molecule has 2 heterocycles. The summed E-state index contributed by atoms with van der Waals surface area (Å²) in [5.41, 5.74) is 3.74. The van der Waals surface area contributed by atoms with E-state index in [1.807, 2.05) is 0 Å². The van der Waals surface area contributed by atoms with Crippen LogP contribution in [0, 0.1) is 11.3 Å². The minimum absolute atomic E-state index is 0.170. The quantitative estimate of drug-likeness (QED) is 0.830. The lowest BCUT2D eigenvalue weighted by molar-refractivity contribution is -0.116. The van der Waals surface area contributed by atoms with Gasteiger partial charge in [-0.2, -0.15) is 5.26 Å². The smallest absolute Gasteiger partial charge is 0.141 e. The van der Waals surface area contributed by atoms with Crippen LogP contribution in [-0.2, 0) is 24.1 Å². The third kappa shape index (κ3) is 1.86. The molecule has 1 aromatic carbocycles. The van der Waals surface area contributed by atoms with Gasteiger partial charge in [0.1, 0.15) is 28.9 Å². The fourth-order valence-electron chi connectivity index (χ4n) is 2.89. The highest BCUT2D eigenvalue weighted by molar-refractivity contribution is 5.76. The van der Waals surface area contributed by atoms with Crippen LogP contribution in [0.4, 0.5) is 0 Å². The predicted molar refractivity (Wildman–Crippen MR) is 68.6 cm³/mol. The molecule has 0 saturated carbocycles. The highest BCUT2D eigenvalue weighted by Gasteiger charge is 2.31. The molecular formula is C15H15NO3. The van der Waals surface area contributed by atoms with Gasteiger partial charge >= 0.3 is 0 Å². The van der Waals surface area contributed by atoms with Crippen LogP contribution in [0.25, 0.3) is 0 Å². The molecule has 19 heavy (non-hydrogen) atoms. The van der Waals surface area contributed by atoms with Gasteiger partial charge in [-0.15, -0.1) is 0 Å². The second-order valence-corrected chi connectivity index (χ2v) is 4.98. The Hall–Kier alpha value is -2.02. The predicted octanol–water partition coefficient (Wildman–Crippen LogP) is 1.95. The molecule has 1 aromatic rings. The Morgan fingerprint density at radius 3 is 2.58 bits per heavy atom. The molecule has 0 amide bonds. The molecule has 4 heteroatoms. The van der Waals surface area contributed by atoms with Crippen LogP contribution in [0.3, 0.4) is 0 Å². The fourth-order valence-corrected chi connectivity index (χ4v) is 2.89. The lowest BCUT2D eigenvalue weighted by Crippen LogP contribution is -2.02. The number of ketones is 1. The lowest BCUT2D eigenvalue weighted by atomic mass is 9.92. The molecule has 2 aliphatic heterocycles. The molecular weight excluding hydrogens is 242 g/mol. The van der Waals surface area contributed by atoms with Crippen molar-refractivity contribution in [2.75, 3.05) is 13.2 Å². The molecule has 0 aromatic heterocycles. The van der Waals surface area contributed by atoms with E-state index in [2.05, 4.69) is 6.07 Å². The number of hydrogen-bond donors (Lipinski definition) is 0. The average molecular weight is 257 g/mol. The minimum Gasteiger partial charge on any atom is -0.493 e. The summed E-state index contributed by atoms with van der Waals surface area (Å²) < 4.78 is 11.3. The summed E-state index contributed by atoms with van der Waals surface area (Å²) in [6, 6.07) is 2.25. The van der Waals surface area contributed by atoms with Crippen LogP contribution >= 0.6 is 0 Å². The van der Waals surface area contributed by atoms with Gasteiger partial charge in [-0.05, 0) is 13.3 Å². The standard InChI is InChI=1S/C15H15NO3/c1-9(17)2-3-10-11-4-6-19-15(11)13(8-16)12-5-7-18-14(10)12/h2-7H2,1H3. The van der Waals surface area contributed by atoms with Gasteiger partial charge in [-0.1, -0.05) is 0 Å². The van der Waals surface area contributed by atoms with Crippen molar-refractivity contribution in [3.8, 4) is 17.6 Å². The molecule has 0 N–H and O–H groups in total. The number of benzene rings is 1. The van der Waals surface area contributed by atoms with Crippen molar-refractivity contribution >= 4 is 5.78 Å². The number of rotatable bonds is 3. The lowest BCUT2D eigenvalue weighted by Gasteiger charge is -2.14. The van der Waals surface area contributed by atoms with E-state index < -0.39 is 0 Å². The highest BCUT2D eigenvalue weighted by Crippen LogP contribution is 2.44. The van der Waals surface area contributed by atoms with E-state index in [4.69, 9.17) is 9.47 Å². The van der Waals surface area contributed by atoms with Crippen molar-refractivity contribution in [2.45, 2.75) is 32.6 Å². The summed E-state index contributed by atoms with van der Waals surface area (Å²) in [7, 11) is 0. The summed E-state index contributed by atoms with van der Waals surface area (Å²) >= 11 is 0. The normalized spacial score (nSPS) is 15.2. The number of hydrogen-bond acceptors (Lipinski definition) is 4. The number of carbonyl (C=O) groups excluding carboxylic acids is 1. The second kappa shape index (κ2) is 4.58. The molecule has 3 rings (SSSR count). The van der Waals surface area contributed by atoms with Crippen molar-refractivity contribution in [2.24, 2.45) is 0 Å². The second-order valence-electron chi connectivity index (χ2n) is 4.98. The van der Waals surface area contributed by atoms with Crippen molar-refractivity contribution in [3.63, 3.8) is 0 Å². The maximum absolute atomic E-state index is 11.2. The average Bonchev–Trinajstić information content (AvgIpc) is 3.02. The fraction of sp³-hybridized carbons (Fsp3) is 0.467. The first kappa shape index (κ1) is 12.0. The Morgan fingerprint density at radius 1 is 1.21 bits per heavy atom. The zero-order valence-corrected chi connectivity index (χ0v) is 10.9. The zero-order valence-electron chi connectivity index (χ0n) is 10.9. The van der Waals surface area contributed by atoms with Crippen LogP contribution in [-0.4, -0.2) is 19.0 Å². The van der Waals surface area contributed by atoms with E-state index in [1.165, 1.54) is 0 Å². The van der Waals surface area contributed by atoms with Gasteiger partial charge in [0, 0.05) is 36.0 Å². The molecule has 0 radical (unpaired) electrons. The summed E-state index contributed by atoms with van der Waals surface area (Å²) in [6.45, 7) is 2.82. The van der Waals surface area contributed by atoms with Gasteiger partial charge < -0.3 is 14.3 Å². The Kier molecular flexibility index (Phi) is 2.90. The van der Waals surface area contributed by atoms with E-state index in [-0.39, 0.29) is 5.78 Å². The SMILES string of the molecule is CC(=O)CCc1c2c(c(C#N)c3c1OCC3)OCC2. The minimum atomic E-state index is 0.170. The van der Waals surface area contributed by atoms with Crippen LogP contribution in [0.5, 0.6) is 11.5 Å². The van der Waals surface area contributed by atoms with Crippen LogP contribution < -0.4 is 9.47 Å². The Morgan fingerprint density at radius 2 is 1.89 bits per heavy atom. The maximum Gasteiger partial charge on any atom is 0.141 e. The molecule has 0 bridgehead atoms. The third-order valence-corrected chi connectivity index (χ3v) is 3.75. The van der Waals surface area contributed by atoms with E-state index >= 15 is 0 Å². The molecule has 0 saturated heterocycles. The van der Waals surface area contributed by atoms with Crippen LogP contribution in [0.1, 0.15) is 35.6 Å². The zero-order chi connectivity index (χ0) is 13.4. The first-order valence-electron chi connectivity index (χ1n) is 6.58. The van der Waals surface area contributed by atoms with Crippen molar-refractivity contribution < 1.29 is 14.3 Å². The van der Waals surface area contributed by atoms with Crippen LogP contribution in [0.15, 0.2) is 0 Å². The number of nitrogens with zero attached hydrogens (tertiary/aromatic N) is 1. The summed E-state index contributed by atoms with van der Waals surface area (Å²) in [4.78, 5) is 11.2. The topological polar surface area (TPSA) is 59.3 Å². The van der Waals surface area contributed by atoms with Crippen molar-refractivity contribution in [3.05, 3.63) is 22.3 Å². The first-order chi connectivity index (χ1) is 9.22. The number of Topliss-reactive ketones (excluding diaryl/α,β-unsaturated/α-hetero) is 1. The molecule has 0 unspecified atom stereocenters. The maximum atomic E-state index is 11.2. The first-order valence-corrected chi connectivity index (χ1v) is 6.58. The van der Waals surface area contributed by atoms with Gasteiger partial charge in [0.15, 0.2) is 0 Å². The van der Waals surface area contributed by atoms with Gasteiger partial charge in [-0.25, -0.2) is 0 Å². The Balaban J connectivity index is 2.14. The number of nitriles is 1. The molecule has 2 aliphatic rings. The largest absolute Gasteiger partial charge is 0.493 e. The number of carbonyl (C=O) groups is 1. The Bertz CT molecular complexity index is 563. The molecule has 0 fully saturated rings. The molecule has 0 spiro atoms. The molecule has 4 nitrogen and oxygen atoms in total. The van der Waals surface area contributed by atoms with Gasteiger partial charge in [-0.3, -0.25) is 0 Å². The van der Waals surface area contributed by atoms with Crippen molar-refractivity contribution in [1.29, 1.82) is 5.26 Å². The van der Waals surface area contributed by atoms with E-state index in [9.17, 15) is 10.1 Å². The van der Waals surface area contributed by atoms with Gasteiger partial charge in [0.25, 0.3) is 0 Å². The van der Waals surface area contributed by atoms with Gasteiger partial charge in [0.05, 0.1) is 13.2 Å². The third-order valence-electron chi connectivity index (χ3n) is 3.75. The molecule has 0 atom stereocenters. The van der Waals surface area contributed by atoms with E-state index in [0.29, 0.717) is 31.6 Å². The van der Waals surface area contributed by atoms with Crippen LogP contribution in [0.2, 0.25) is 0 Å². The van der Waals surface area contributed by atoms with Gasteiger partial charge in [0.2, 0.25) is 0 Å². The summed E-state index contributed by atoms with van der Waals surface area (Å²) in [5.74, 6) is 1.73. The molecule has 0 aliphatic carbocycles.